The van der Waals surface area contributed by atoms with Crippen LogP contribution in [0.5, 0.6) is 0 Å². The lowest BCUT2D eigenvalue weighted by molar-refractivity contribution is -0.138. The van der Waals surface area contributed by atoms with E-state index in [2.05, 4.69) is 16.0 Å². The van der Waals surface area contributed by atoms with Crippen molar-refractivity contribution in [2.24, 2.45) is 5.73 Å². The van der Waals surface area contributed by atoms with Gasteiger partial charge in [-0.1, -0.05) is 6.42 Å². The smallest absolute Gasteiger partial charge is 0.320 e. The van der Waals surface area contributed by atoms with Gasteiger partial charge in [0, 0.05) is 42.7 Å². The van der Waals surface area contributed by atoms with Gasteiger partial charge in [-0.2, -0.15) is 11.8 Å². The van der Waals surface area contributed by atoms with Gasteiger partial charge in [0.2, 0.25) is 5.91 Å². The molecule has 0 saturated carbocycles. The average molecular weight is 359 g/mol. The van der Waals surface area contributed by atoms with Crippen LogP contribution in [-0.4, -0.2) is 59.3 Å². The summed E-state index contributed by atoms with van der Waals surface area (Å²) in [5, 5.41) is 19.2. The van der Waals surface area contributed by atoms with Crippen molar-refractivity contribution in [3.63, 3.8) is 0 Å². The van der Waals surface area contributed by atoms with Crippen molar-refractivity contribution in [2.45, 2.75) is 68.3 Å². The van der Waals surface area contributed by atoms with Crippen LogP contribution in [0.1, 0.15) is 44.9 Å². The summed E-state index contributed by atoms with van der Waals surface area (Å²) in [7, 11) is 0. The molecule has 4 unspecified atom stereocenters. The van der Waals surface area contributed by atoms with E-state index in [4.69, 9.17) is 10.8 Å². The molecule has 6 N–H and O–H groups in total. The van der Waals surface area contributed by atoms with Gasteiger partial charge in [0.15, 0.2) is 0 Å². The molecule has 2 saturated heterocycles. The SMILES string of the molecule is NC(CCCCNC(=O)CCCCC1SCC2NCNC21)C(=O)O. The van der Waals surface area contributed by atoms with Crippen LogP contribution in [0, 0.1) is 0 Å². The molecular weight excluding hydrogens is 328 g/mol. The van der Waals surface area contributed by atoms with Crippen molar-refractivity contribution in [2.75, 3.05) is 19.0 Å². The minimum absolute atomic E-state index is 0.0927. The van der Waals surface area contributed by atoms with Crippen LogP contribution in [0.25, 0.3) is 0 Å². The lowest BCUT2D eigenvalue weighted by atomic mass is 10.0. The second-order valence-electron chi connectivity index (χ2n) is 6.63. The number of aliphatic carboxylic acids is 1. The lowest BCUT2D eigenvalue weighted by Gasteiger charge is -2.17. The molecule has 2 aliphatic rings. The highest BCUT2D eigenvalue weighted by atomic mass is 32.2. The molecule has 0 spiro atoms. The molecule has 0 aliphatic carbocycles. The van der Waals surface area contributed by atoms with Gasteiger partial charge in [-0.15, -0.1) is 0 Å². The monoisotopic (exact) mass is 358 g/mol. The maximum absolute atomic E-state index is 11.8. The Morgan fingerprint density at radius 2 is 2.08 bits per heavy atom. The highest BCUT2D eigenvalue weighted by Gasteiger charge is 2.38. The number of fused-ring (bicyclic) bond motifs is 1. The zero-order chi connectivity index (χ0) is 17.4. The third-order valence-corrected chi connectivity index (χ3v) is 6.26. The Hall–Kier alpha value is -0.830. The molecule has 8 heteroatoms. The third kappa shape index (κ3) is 6.23. The molecule has 2 aliphatic heterocycles. The number of thioether (sulfide) groups is 1. The number of nitrogens with one attached hydrogen (secondary N) is 3. The molecule has 0 radical (unpaired) electrons. The van der Waals surface area contributed by atoms with Gasteiger partial charge in [-0.3, -0.25) is 20.2 Å². The fourth-order valence-corrected chi connectivity index (χ4v) is 4.89. The molecule has 2 fully saturated rings. The van der Waals surface area contributed by atoms with E-state index in [0.717, 1.165) is 32.4 Å². The van der Waals surface area contributed by atoms with Crippen LogP contribution in [-0.2, 0) is 9.59 Å². The Balaban J connectivity index is 1.43. The number of rotatable bonds is 11. The molecule has 2 heterocycles. The Bertz CT molecular complexity index is 424. The first-order chi connectivity index (χ1) is 11.6. The highest BCUT2D eigenvalue weighted by Crippen LogP contribution is 2.32. The maximum Gasteiger partial charge on any atom is 0.320 e. The second-order valence-corrected chi connectivity index (χ2v) is 7.90. The number of nitrogens with two attached hydrogens (primary N) is 1. The number of amides is 1. The van der Waals surface area contributed by atoms with Gasteiger partial charge in [-0.25, -0.2) is 0 Å². The van der Waals surface area contributed by atoms with Crippen molar-refractivity contribution in [1.82, 2.24) is 16.0 Å². The summed E-state index contributed by atoms with van der Waals surface area (Å²) in [4.78, 5) is 22.3. The predicted octanol–water partition coefficient (Wildman–Crippen LogP) is 0.248. The van der Waals surface area contributed by atoms with Crippen molar-refractivity contribution in [1.29, 1.82) is 0 Å². The largest absolute Gasteiger partial charge is 0.480 e. The normalized spacial score (nSPS) is 27.0. The van der Waals surface area contributed by atoms with Gasteiger partial charge in [-0.05, 0) is 32.1 Å². The molecule has 4 atom stereocenters. The molecule has 1 amide bonds. The summed E-state index contributed by atoms with van der Waals surface area (Å²) >= 11 is 2.04. The highest BCUT2D eigenvalue weighted by molar-refractivity contribution is 8.00. The van der Waals surface area contributed by atoms with E-state index < -0.39 is 12.0 Å². The molecule has 24 heavy (non-hydrogen) atoms. The van der Waals surface area contributed by atoms with Crippen LogP contribution in [0.4, 0.5) is 0 Å². The Labute approximate surface area is 147 Å². The Morgan fingerprint density at radius 1 is 1.25 bits per heavy atom. The number of hydrogen-bond acceptors (Lipinski definition) is 6. The fraction of sp³-hybridized carbons (Fsp3) is 0.875. The Morgan fingerprint density at radius 3 is 2.88 bits per heavy atom. The maximum atomic E-state index is 11.8. The van der Waals surface area contributed by atoms with E-state index in [0.29, 0.717) is 36.7 Å². The minimum Gasteiger partial charge on any atom is -0.480 e. The number of carbonyl (C=O) groups excluding carboxylic acids is 1. The van der Waals surface area contributed by atoms with E-state index in [1.807, 2.05) is 11.8 Å². The van der Waals surface area contributed by atoms with Crippen molar-refractivity contribution < 1.29 is 14.7 Å². The number of unbranched alkanes of at least 4 members (excludes halogenated alkanes) is 2. The van der Waals surface area contributed by atoms with Crippen LogP contribution >= 0.6 is 11.8 Å². The van der Waals surface area contributed by atoms with E-state index in [-0.39, 0.29) is 5.91 Å². The average Bonchev–Trinajstić information content (AvgIpc) is 3.15. The number of carboxylic acid groups (broad SMARTS) is 1. The van der Waals surface area contributed by atoms with Gasteiger partial charge < -0.3 is 16.2 Å². The summed E-state index contributed by atoms with van der Waals surface area (Å²) in [6.45, 7) is 1.52. The first kappa shape index (κ1) is 19.5. The molecule has 138 valence electrons. The van der Waals surface area contributed by atoms with Gasteiger partial charge in [0.25, 0.3) is 0 Å². The van der Waals surface area contributed by atoms with Crippen LogP contribution < -0.4 is 21.7 Å². The summed E-state index contributed by atoms with van der Waals surface area (Å²) in [6, 6.07) is 0.428. The standard InChI is InChI=1S/C16H30N4O3S/c17-11(16(22)23)5-3-4-8-18-14(21)7-2-1-6-13-15-12(9-24-13)19-10-20-15/h11-13,15,19-20H,1-10,17H2,(H,18,21)(H,22,23). The zero-order valence-electron chi connectivity index (χ0n) is 14.1. The topological polar surface area (TPSA) is 116 Å². The molecule has 0 aromatic heterocycles. The van der Waals surface area contributed by atoms with E-state index in [9.17, 15) is 9.59 Å². The Kier molecular flexibility index (Phi) is 8.31. The van der Waals surface area contributed by atoms with Crippen molar-refractivity contribution >= 4 is 23.6 Å². The summed E-state index contributed by atoms with van der Waals surface area (Å²) in [5.41, 5.74) is 5.43. The summed E-state index contributed by atoms with van der Waals surface area (Å²) in [5.74, 6) is 0.318. The number of carbonyl (C=O) groups is 2. The zero-order valence-corrected chi connectivity index (χ0v) is 14.9. The predicted molar refractivity (Wildman–Crippen MR) is 95.9 cm³/mol. The van der Waals surface area contributed by atoms with Gasteiger partial charge >= 0.3 is 5.97 Å². The first-order valence-electron chi connectivity index (χ1n) is 8.91. The van der Waals surface area contributed by atoms with E-state index in [1.165, 1.54) is 12.2 Å². The minimum atomic E-state index is -0.964. The molecule has 0 aromatic carbocycles. The molecule has 2 rings (SSSR count). The van der Waals surface area contributed by atoms with E-state index >= 15 is 0 Å². The first-order valence-corrected chi connectivity index (χ1v) is 9.96. The quantitative estimate of drug-likeness (QED) is 0.336. The van der Waals surface area contributed by atoms with E-state index in [1.54, 1.807) is 0 Å². The molecule has 7 nitrogen and oxygen atoms in total. The lowest BCUT2D eigenvalue weighted by Crippen LogP contribution is -2.36. The molecular formula is C16H30N4O3S. The van der Waals surface area contributed by atoms with Crippen LogP contribution in [0.2, 0.25) is 0 Å². The second kappa shape index (κ2) is 10.2. The number of carboxylic acids is 1. The molecule has 0 aromatic rings. The van der Waals surface area contributed by atoms with Crippen LogP contribution in [0.15, 0.2) is 0 Å². The molecule has 0 bridgehead atoms. The van der Waals surface area contributed by atoms with Crippen molar-refractivity contribution in [3.05, 3.63) is 0 Å². The van der Waals surface area contributed by atoms with Crippen molar-refractivity contribution in [3.8, 4) is 0 Å². The number of hydrogen-bond donors (Lipinski definition) is 5. The van der Waals surface area contributed by atoms with Crippen LogP contribution in [0.3, 0.4) is 0 Å². The summed E-state index contributed by atoms with van der Waals surface area (Å²) < 4.78 is 0. The third-order valence-electron chi connectivity index (χ3n) is 4.75. The van der Waals surface area contributed by atoms with Gasteiger partial charge in [0.05, 0.1) is 0 Å². The fourth-order valence-electron chi connectivity index (χ4n) is 3.28. The summed E-state index contributed by atoms with van der Waals surface area (Å²) in [6.07, 6.45) is 5.70. The van der Waals surface area contributed by atoms with Gasteiger partial charge in [0.1, 0.15) is 6.04 Å².